The molecule has 12 heteroatoms. The van der Waals surface area contributed by atoms with Gasteiger partial charge in [0, 0.05) is 48.8 Å². The second-order valence-corrected chi connectivity index (χ2v) is 18.1. The zero-order valence-corrected chi connectivity index (χ0v) is 35.0. The summed E-state index contributed by atoms with van der Waals surface area (Å²) in [6, 6.07) is 23.8. The van der Waals surface area contributed by atoms with Crippen LogP contribution in [0.1, 0.15) is 91.8 Å². The molecule has 0 bridgehead atoms. The van der Waals surface area contributed by atoms with Crippen LogP contribution in [0.3, 0.4) is 0 Å². The van der Waals surface area contributed by atoms with Gasteiger partial charge in [-0.2, -0.15) is 0 Å². The number of nitro benzene ring substituents is 1. The number of nitrogens with zero attached hydrogens (tertiary/aromatic N) is 3. The Labute approximate surface area is 350 Å². The van der Waals surface area contributed by atoms with E-state index in [1.54, 1.807) is 23.9 Å². The number of anilines is 1. The van der Waals surface area contributed by atoms with Gasteiger partial charge in [-0.05, 0) is 147 Å². The molecule has 2 fully saturated rings. The van der Waals surface area contributed by atoms with E-state index in [0.717, 1.165) is 86.7 Å². The maximum atomic E-state index is 13.9. The summed E-state index contributed by atoms with van der Waals surface area (Å²) in [5, 5.41) is 16.2. The molecule has 3 aromatic carbocycles. The first-order valence-electron chi connectivity index (χ1n) is 20.9. The normalized spacial score (nSPS) is 17.9. The monoisotopic (exact) mass is 814 g/mol. The zero-order chi connectivity index (χ0) is 40.9. The van der Waals surface area contributed by atoms with E-state index in [0.29, 0.717) is 64.7 Å². The number of nitrogens with one attached hydrogen (secondary N) is 3. The summed E-state index contributed by atoms with van der Waals surface area (Å²) < 4.78 is 14.8. The number of rotatable bonds is 13. The van der Waals surface area contributed by atoms with Crippen molar-refractivity contribution < 1.29 is 19.2 Å². The quantitative estimate of drug-likeness (QED) is 0.0603. The van der Waals surface area contributed by atoms with Gasteiger partial charge in [0.15, 0.2) is 0 Å². The van der Waals surface area contributed by atoms with Crippen LogP contribution in [0, 0.1) is 28.4 Å². The Morgan fingerprint density at radius 3 is 2.61 bits per heavy atom. The fraction of sp³-hybridized carbons (Fsp3) is 0.404. The Kier molecular flexibility index (Phi) is 12.4. The van der Waals surface area contributed by atoms with Crippen molar-refractivity contribution in [1.82, 2.24) is 19.6 Å². The van der Waals surface area contributed by atoms with E-state index in [9.17, 15) is 14.9 Å². The number of ether oxygens (including phenoxy) is 2. The number of carbonyl (C=O) groups is 1. The van der Waals surface area contributed by atoms with Gasteiger partial charge < -0.3 is 19.8 Å². The molecule has 8 rings (SSSR count). The fourth-order valence-corrected chi connectivity index (χ4v) is 9.30. The Morgan fingerprint density at radius 2 is 1.83 bits per heavy atom. The molecule has 2 saturated heterocycles. The lowest BCUT2D eigenvalue weighted by molar-refractivity contribution is -0.384. The molecular weight excluding hydrogens is 761 g/mol. The average Bonchev–Trinajstić information content (AvgIpc) is 3.72. The van der Waals surface area contributed by atoms with E-state index in [1.165, 1.54) is 29.2 Å². The minimum Gasteiger partial charge on any atom is -0.455 e. The van der Waals surface area contributed by atoms with Crippen molar-refractivity contribution in [2.75, 3.05) is 44.7 Å². The van der Waals surface area contributed by atoms with Crippen LogP contribution >= 0.6 is 11.9 Å². The fourth-order valence-electron chi connectivity index (χ4n) is 8.67. The van der Waals surface area contributed by atoms with Gasteiger partial charge in [-0.1, -0.05) is 55.3 Å². The highest BCUT2D eigenvalue weighted by atomic mass is 32.2. The first-order valence-corrected chi connectivity index (χ1v) is 21.7. The summed E-state index contributed by atoms with van der Waals surface area (Å²) in [5.41, 5.74) is 8.75. The van der Waals surface area contributed by atoms with E-state index >= 15 is 0 Å². The Hall–Kier alpha value is -5.17. The van der Waals surface area contributed by atoms with Crippen molar-refractivity contribution in [3.63, 3.8) is 0 Å². The maximum Gasteiger partial charge on any atom is 0.293 e. The molecule has 0 radical (unpaired) electrons. The van der Waals surface area contributed by atoms with Gasteiger partial charge in [0.2, 0.25) is 0 Å². The summed E-state index contributed by atoms with van der Waals surface area (Å²) in [7, 11) is 0. The highest BCUT2D eigenvalue weighted by molar-refractivity contribution is 7.98. The molecule has 0 saturated carbocycles. The Bertz CT molecular complexity index is 2330. The molecule has 2 aliphatic heterocycles. The number of hydrogen-bond acceptors (Lipinski definition) is 9. The molecule has 4 heterocycles. The highest BCUT2D eigenvalue weighted by Gasteiger charge is 2.30. The van der Waals surface area contributed by atoms with Crippen molar-refractivity contribution in [1.29, 1.82) is 0 Å². The lowest BCUT2D eigenvalue weighted by atomic mass is 9.72. The SMILES string of the molecule is Cc1ccc(C2=C(CN3CCC(c4ccc(C(=O)NSc5ccc(NCC6CCOCC6)c([N+](=O)[O-])c5)c(Oc5cnc6[nH]ccc6c5)c4)CC3)CCC(C)(C)C2)cc1. The number of allylic oxidation sites excluding steroid dienone is 1. The molecule has 59 heavy (non-hydrogen) atoms. The lowest BCUT2D eigenvalue weighted by Crippen LogP contribution is -2.35. The number of benzene rings is 3. The second-order valence-electron chi connectivity index (χ2n) is 17.2. The molecule has 3 aliphatic rings. The second kappa shape index (κ2) is 18.0. The van der Waals surface area contributed by atoms with Crippen molar-refractivity contribution in [2.24, 2.45) is 11.3 Å². The number of likely N-dealkylation sites (tertiary alicyclic amines) is 1. The third-order valence-electron chi connectivity index (χ3n) is 12.3. The lowest BCUT2D eigenvalue weighted by Gasteiger charge is -2.38. The number of H-pyrrole nitrogens is 1. The number of aromatic amines is 1. The number of hydrogen-bond donors (Lipinski definition) is 3. The van der Waals surface area contributed by atoms with Gasteiger partial charge in [-0.15, -0.1) is 0 Å². The summed E-state index contributed by atoms with van der Waals surface area (Å²) in [6.45, 7) is 12.0. The molecule has 0 spiro atoms. The number of aryl methyl sites for hydroxylation is 1. The number of piperidine rings is 1. The number of carbonyl (C=O) groups excluding carboxylic acids is 1. The van der Waals surface area contributed by atoms with Gasteiger partial charge in [0.1, 0.15) is 22.8 Å². The predicted octanol–water partition coefficient (Wildman–Crippen LogP) is 10.7. The number of aromatic nitrogens is 2. The summed E-state index contributed by atoms with van der Waals surface area (Å²) in [5.74, 6) is 1.33. The number of amides is 1. The molecule has 2 aromatic heterocycles. The summed E-state index contributed by atoms with van der Waals surface area (Å²) >= 11 is 1.04. The van der Waals surface area contributed by atoms with Crippen LogP contribution in [0.5, 0.6) is 11.5 Å². The van der Waals surface area contributed by atoms with Crippen LogP contribution < -0.4 is 14.8 Å². The largest absolute Gasteiger partial charge is 0.455 e. The topological polar surface area (TPSA) is 135 Å². The van der Waals surface area contributed by atoms with Gasteiger partial charge in [-0.3, -0.25) is 24.5 Å². The van der Waals surface area contributed by atoms with Gasteiger partial charge in [-0.25, -0.2) is 4.98 Å². The van der Waals surface area contributed by atoms with Gasteiger partial charge >= 0.3 is 0 Å². The first-order chi connectivity index (χ1) is 28.6. The minimum atomic E-state index is -0.390. The maximum absolute atomic E-state index is 13.9. The van der Waals surface area contributed by atoms with E-state index in [2.05, 4.69) is 69.9 Å². The van der Waals surface area contributed by atoms with Crippen LogP contribution in [-0.2, 0) is 4.74 Å². The van der Waals surface area contributed by atoms with Crippen LogP contribution in [0.2, 0.25) is 0 Å². The molecule has 1 amide bonds. The minimum absolute atomic E-state index is 0.0329. The van der Waals surface area contributed by atoms with Crippen molar-refractivity contribution >= 4 is 45.8 Å². The van der Waals surface area contributed by atoms with Crippen LogP contribution in [0.25, 0.3) is 16.6 Å². The first kappa shape index (κ1) is 40.6. The van der Waals surface area contributed by atoms with Gasteiger partial charge in [0.05, 0.1) is 16.7 Å². The van der Waals surface area contributed by atoms with E-state index in [-0.39, 0.29) is 16.5 Å². The molecule has 3 N–H and O–H groups in total. The molecular formula is C47H54N6O5S. The van der Waals surface area contributed by atoms with Crippen LogP contribution in [0.15, 0.2) is 95.7 Å². The molecule has 1 aliphatic carbocycles. The zero-order valence-electron chi connectivity index (χ0n) is 34.2. The van der Waals surface area contributed by atoms with E-state index in [1.807, 2.05) is 36.5 Å². The Balaban J connectivity index is 0.967. The Morgan fingerprint density at radius 1 is 1.03 bits per heavy atom. The smallest absolute Gasteiger partial charge is 0.293 e. The molecule has 11 nitrogen and oxygen atoms in total. The third kappa shape index (κ3) is 10.0. The van der Waals surface area contributed by atoms with Crippen LogP contribution in [0.4, 0.5) is 11.4 Å². The standard InChI is InChI=1S/C47H54N6O5S/c1-31-4-6-34(7-5-31)41-27-47(2,3)18-12-37(41)30-52-20-14-33(15-21-52)35-8-10-40(44(25-35)58-38-24-36-13-19-48-45(36)50-29-38)46(54)51-59-39-9-11-42(43(26-39)53(55)56)49-28-32-16-22-57-23-17-32/h4-11,13,19,24-26,29,32-33,49H,12,14-18,20-23,27-28,30H2,1-3H3,(H,48,50)(H,51,54). The van der Waals surface area contributed by atoms with Crippen LogP contribution in [-0.4, -0.2) is 65.1 Å². The van der Waals surface area contributed by atoms with E-state index < -0.39 is 0 Å². The van der Waals surface area contributed by atoms with Crippen molar-refractivity contribution in [3.05, 3.63) is 123 Å². The number of nitro groups is 1. The highest BCUT2D eigenvalue weighted by Crippen LogP contribution is 2.44. The molecule has 0 atom stereocenters. The summed E-state index contributed by atoms with van der Waals surface area (Å²) in [6.07, 6.45) is 10.8. The average molecular weight is 815 g/mol. The van der Waals surface area contributed by atoms with Crippen molar-refractivity contribution in [2.45, 2.75) is 76.5 Å². The van der Waals surface area contributed by atoms with E-state index in [4.69, 9.17) is 9.47 Å². The summed E-state index contributed by atoms with van der Waals surface area (Å²) in [4.78, 5) is 36.3. The number of fused-ring (bicyclic) bond motifs is 1. The van der Waals surface area contributed by atoms with Gasteiger partial charge in [0.25, 0.3) is 11.6 Å². The molecule has 308 valence electrons. The molecule has 0 unspecified atom stereocenters. The predicted molar refractivity (Wildman–Crippen MR) is 235 cm³/mol. The molecule has 5 aromatic rings. The number of pyridine rings is 1. The third-order valence-corrected chi connectivity index (χ3v) is 13.0. The van der Waals surface area contributed by atoms with Crippen molar-refractivity contribution in [3.8, 4) is 11.5 Å².